The number of likely N-dealkylation sites (N-methyl/N-ethyl adjacent to an activating group) is 1. The van der Waals surface area contributed by atoms with Gasteiger partial charge in [-0.3, -0.25) is 9.69 Å². The van der Waals surface area contributed by atoms with Crippen LogP contribution in [0.25, 0.3) is 0 Å². The SMILES string of the molecule is Cc1ccc(CNC(=O)CN(C)Cc2ccccc2C(F)(F)F)cc1. The number of carbonyl (C=O) groups is 1. The maximum atomic E-state index is 13.0. The monoisotopic (exact) mass is 350 g/mol. The molecule has 0 aliphatic rings. The van der Waals surface area contributed by atoms with Crippen LogP contribution in [0.15, 0.2) is 48.5 Å². The first-order valence-electron chi connectivity index (χ1n) is 7.91. The quantitative estimate of drug-likeness (QED) is 0.860. The van der Waals surface area contributed by atoms with Gasteiger partial charge in [0.25, 0.3) is 0 Å². The summed E-state index contributed by atoms with van der Waals surface area (Å²) in [6.45, 7) is 2.45. The van der Waals surface area contributed by atoms with E-state index in [9.17, 15) is 18.0 Å². The van der Waals surface area contributed by atoms with Crippen molar-refractivity contribution < 1.29 is 18.0 Å². The van der Waals surface area contributed by atoms with Crippen molar-refractivity contribution in [2.75, 3.05) is 13.6 Å². The van der Waals surface area contributed by atoms with Crippen molar-refractivity contribution in [1.29, 1.82) is 0 Å². The fourth-order valence-electron chi connectivity index (χ4n) is 2.49. The molecule has 0 aliphatic heterocycles. The lowest BCUT2D eigenvalue weighted by atomic mass is 10.1. The Morgan fingerprint density at radius 3 is 2.36 bits per heavy atom. The van der Waals surface area contributed by atoms with E-state index in [-0.39, 0.29) is 24.6 Å². The Balaban J connectivity index is 1.89. The van der Waals surface area contributed by atoms with Crippen LogP contribution in [-0.4, -0.2) is 24.4 Å². The van der Waals surface area contributed by atoms with Gasteiger partial charge >= 0.3 is 6.18 Å². The van der Waals surface area contributed by atoms with Crippen LogP contribution in [0.4, 0.5) is 13.2 Å². The van der Waals surface area contributed by atoms with Gasteiger partial charge in [-0.2, -0.15) is 13.2 Å². The molecule has 0 spiro atoms. The standard InChI is InChI=1S/C19H21F3N2O/c1-14-7-9-15(10-8-14)11-23-18(25)13-24(2)12-16-5-3-4-6-17(16)19(20,21)22/h3-10H,11-13H2,1-2H3,(H,23,25). The molecule has 134 valence electrons. The summed E-state index contributed by atoms with van der Waals surface area (Å²) in [5.41, 5.74) is 1.60. The largest absolute Gasteiger partial charge is 0.416 e. The van der Waals surface area contributed by atoms with E-state index >= 15 is 0 Å². The van der Waals surface area contributed by atoms with E-state index in [1.54, 1.807) is 18.0 Å². The average molecular weight is 350 g/mol. The van der Waals surface area contributed by atoms with Gasteiger partial charge in [-0.05, 0) is 31.2 Å². The first-order valence-corrected chi connectivity index (χ1v) is 7.91. The molecular formula is C19H21F3N2O. The van der Waals surface area contributed by atoms with E-state index in [1.165, 1.54) is 12.1 Å². The molecule has 0 unspecified atom stereocenters. The topological polar surface area (TPSA) is 32.3 Å². The van der Waals surface area contributed by atoms with Gasteiger partial charge in [-0.25, -0.2) is 0 Å². The van der Waals surface area contributed by atoms with Gasteiger partial charge in [0.1, 0.15) is 0 Å². The minimum absolute atomic E-state index is 0.0258. The Hall–Kier alpha value is -2.34. The first-order chi connectivity index (χ1) is 11.8. The summed E-state index contributed by atoms with van der Waals surface area (Å²) in [6, 6.07) is 13.2. The number of aryl methyl sites for hydroxylation is 1. The molecule has 0 saturated carbocycles. The van der Waals surface area contributed by atoms with Crippen molar-refractivity contribution in [2.24, 2.45) is 0 Å². The van der Waals surface area contributed by atoms with E-state index < -0.39 is 11.7 Å². The van der Waals surface area contributed by atoms with Crippen LogP contribution in [0.5, 0.6) is 0 Å². The zero-order chi connectivity index (χ0) is 18.4. The second kappa shape index (κ2) is 8.16. The highest BCUT2D eigenvalue weighted by Gasteiger charge is 2.33. The van der Waals surface area contributed by atoms with E-state index in [0.29, 0.717) is 6.54 Å². The molecule has 0 bridgehead atoms. The van der Waals surface area contributed by atoms with E-state index in [0.717, 1.165) is 17.2 Å². The maximum absolute atomic E-state index is 13.0. The lowest BCUT2D eigenvalue weighted by molar-refractivity contribution is -0.138. The third-order valence-corrected chi connectivity index (χ3v) is 3.79. The first kappa shape index (κ1) is 19.0. The number of rotatable bonds is 6. The summed E-state index contributed by atoms with van der Waals surface area (Å²) in [4.78, 5) is 13.6. The smallest absolute Gasteiger partial charge is 0.351 e. The van der Waals surface area contributed by atoms with E-state index in [1.807, 2.05) is 31.2 Å². The number of nitrogens with zero attached hydrogens (tertiary/aromatic N) is 1. The van der Waals surface area contributed by atoms with Crippen LogP contribution >= 0.6 is 0 Å². The molecule has 0 fully saturated rings. The van der Waals surface area contributed by atoms with Gasteiger partial charge in [0.15, 0.2) is 0 Å². The van der Waals surface area contributed by atoms with Crippen LogP contribution in [-0.2, 0) is 24.1 Å². The van der Waals surface area contributed by atoms with Gasteiger partial charge < -0.3 is 5.32 Å². The van der Waals surface area contributed by atoms with Crippen molar-refractivity contribution in [2.45, 2.75) is 26.2 Å². The molecule has 0 saturated heterocycles. The molecule has 6 heteroatoms. The molecule has 2 rings (SSSR count). The Morgan fingerprint density at radius 1 is 1.08 bits per heavy atom. The van der Waals surface area contributed by atoms with E-state index in [2.05, 4.69) is 5.32 Å². The molecule has 1 N–H and O–H groups in total. The Morgan fingerprint density at radius 2 is 1.72 bits per heavy atom. The number of benzene rings is 2. The molecule has 0 heterocycles. The van der Waals surface area contributed by atoms with Crippen molar-refractivity contribution >= 4 is 5.91 Å². The van der Waals surface area contributed by atoms with Crippen LogP contribution in [0, 0.1) is 6.92 Å². The van der Waals surface area contributed by atoms with Crippen molar-refractivity contribution in [3.05, 3.63) is 70.8 Å². The lowest BCUT2D eigenvalue weighted by Crippen LogP contribution is -2.34. The fourth-order valence-corrected chi connectivity index (χ4v) is 2.49. The lowest BCUT2D eigenvalue weighted by Gasteiger charge is -2.19. The number of carbonyl (C=O) groups excluding carboxylic acids is 1. The Kier molecular flexibility index (Phi) is 6.20. The highest BCUT2D eigenvalue weighted by atomic mass is 19.4. The third kappa shape index (κ3) is 5.90. The van der Waals surface area contributed by atoms with Gasteiger partial charge in [0, 0.05) is 13.1 Å². The van der Waals surface area contributed by atoms with Crippen LogP contribution in [0.2, 0.25) is 0 Å². The van der Waals surface area contributed by atoms with Gasteiger partial charge in [-0.15, -0.1) is 0 Å². The van der Waals surface area contributed by atoms with Crippen molar-refractivity contribution in [1.82, 2.24) is 10.2 Å². The molecule has 3 nitrogen and oxygen atoms in total. The predicted octanol–water partition coefficient (Wildman–Crippen LogP) is 3.76. The zero-order valence-electron chi connectivity index (χ0n) is 14.2. The number of nitrogens with one attached hydrogen (secondary N) is 1. The molecule has 1 amide bonds. The summed E-state index contributed by atoms with van der Waals surface area (Å²) >= 11 is 0. The molecule has 0 aromatic heterocycles. The zero-order valence-corrected chi connectivity index (χ0v) is 14.2. The van der Waals surface area contributed by atoms with Gasteiger partial charge in [0.05, 0.1) is 12.1 Å². The average Bonchev–Trinajstić information content (AvgIpc) is 2.53. The molecule has 0 atom stereocenters. The molecule has 25 heavy (non-hydrogen) atoms. The molecule has 0 aliphatic carbocycles. The number of halogens is 3. The summed E-state index contributed by atoms with van der Waals surface area (Å²) in [7, 11) is 1.62. The van der Waals surface area contributed by atoms with Crippen molar-refractivity contribution in [3.8, 4) is 0 Å². The van der Waals surface area contributed by atoms with Crippen molar-refractivity contribution in [3.63, 3.8) is 0 Å². The second-order valence-electron chi connectivity index (χ2n) is 6.09. The molecule has 2 aromatic carbocycles. The minimum atomic E-state index is -4.40. The second-order valence-corrected chi connectivity index (χ2v) is 6.09. The highest BCUT2D eigenvalue weighted by molar-refractivity contribution is 5.77. The van der Waals surface area contributed by atoms with Gasteiger partial charge in [-0.1, -0.05) is 48.0 Å². The summed E-state index contributed by atoms with van der Waals surface area (Å²) in [5.74, 6) is -0.229. The third-order valence-electron chi connectivity index (χ3n) is 3.79. The Bertz CT molecular complexity index is 711. The van der Waals surface area contributed by atoms with Crippen LogP contribution in [0.3, 0.4) is 0 Å². The number of hydrogen-bond acceptors (Lipinski definition) is 2. The highest BCUT2D eigenvalue weighted by Crippen LogP contribution is 2.32. The molecule has 0 radical (unpaired) electrons. The van der Waals surface area contributed by atoms with Crippen LogP contribution in [0.1, 0.15) is 22.3 Å². The fraction of sp³-hybridized carbons (Fsp3) is 0.316. The molecule has 2 aromatic rings. The number of alkyl halides is 3. The minimum Gasteiger partial charge on any atom is -0.351 e. The number of amides is 1. The predicted molar refractivity (Wildman–Crippen MR) is 90.8 cm³/mol. The summed E-state index contributed by atoms with van der Waals surface area (Å²) < 4.78 is 39.0. The van der Waals surface area contributed by atoms with Gasteiger partial charge in [0.2, 0.25) is 5.91 Å². The van der Waals surface area contributed by atoms with Crippen LogP contribution < -0.4 is 5.32 Å². The maximum Gasteiger partial charge on any atom is 0.416 e. The molecular weight excluding hydrogens is 329 g/mol. The summed E-state index contributed by atoms with van der Waals surface area (Å²) in [5, 5.41) is 2.78. The summed E-state index contributed by atoms with van der Waals surface area (Å²) in [6.07, 6.45) is -4.40. The Labute approximate surface area is 145 Å². The normalized spacial score (nSPS) is 11.6. The van der Waals surface area contributed by atoms with E-state index in [4.69, 9.17) is 0 Å². The number of hydrogen-bond donors (Lipinski definition) is 1.